The average molecular weight is 667 g/mol. The molecule has 4 rings (SSSR count). The largest absolute Gasteiger partial charge is 0.394 e. The quantitative estimate of drug-likeness (QED) is 0.0973. The maximum Gasteiger partial charge on any atom is 0.224 e. The molecule has 0 saturated carbocycles. The van der Waals surface area contributed by atoms with Gasteiger partial charge in [-0.3, -0.25) is 0 Å². The molecule has 14 N–H and O–H groups in total. The van der Waals surface area contributed by atoms with Gasteiger partial charge in [-0.1, -0.05) is 0 Å². The van der Waals surface area contributed by atoms with Crippen molar-refractivity contribution in [3.05, 3.63) is 0 Å². The second-order valence-electron chi connectivity index (χ2n) is 11.3. The molecule has 0 aliphatic carbocycles. The molecule has 4 saturated heterocycles. The molecule has 4 fully saturated rings. The van der Waals surface area contributed by atoms with E-state index in [9.17, 15) is 71.5 Å². The molecule has 0 radical (unpaired) electrons. The molecule has 45 heavy (non-hydrogen) atoms. The molecule has 0 aromatic heterocycles. The second kappa shape index (κ2) is 15.1. The van der Waals surface area contributed by atoms with Crippen molar-refractivity contribution in [2.75, 3.05) is 33.0 Å². The Hall–Kier alpha value is -0.840. The summed E-state index contributed by atoms with van der Waals surface area (Å²) in [6.45, 7) is -4.07. The normalized spacial score (nSPS) is 52.7. The van der Waals surface area contributed by atoms with Crippen molar-refractivity contribution in [1.82, 2.24) is 0 Å². The molecule has 0 bridgehead atoms. The van der Waals surface area contributed by atoms with Gasteiger partial charge in [0.1, 0.15) is 98.2 Å². The fourth-order valence-corrected chi connectivity index (χ4v) is 5.40. The molecule has 0 spiro atoms. The van der Waals surface area contributed by atoms with Crippen LogP contribution in [0.1, 0.15) is 0 Å². The van der Waals surface area contributed by atoms with Crippen LogP contribution < -0.4 is 0 Å². The Kier molecular flexibility index (Phi) is 12.5. The van der Waals surface area contributed by atoms with Gasteiger partial charge >= 0.3 is 0 Å². The summed E-state index contributed by atoms with van der Waals surface area (Å²) in [4.78, 5) is 0. The minimum atomic E-state index is -2.54. The van der Waals surface area contributed by atoms with Gasteiger partial charge in [0.2, 0.25) is 5.79 Å². The lowest BCUT2D eigenvalue weighted by molar-refractivity contribution is -0.389. The highest BCUT2D eigenvalue weighted by molar-refractivity contribution is 4.99. The Morgan fingerprint density at radius 3 is 1.29 bits per heavy atom. The van der Waals surface area contributed by atoms with E-state index in [0.717, 1.165) is 0 Å². The maximum absolute atomic E-state index is 10.7. The van der Waals surface area contributed by atoms with E-state index in [1.165, 1.54) is 0 Å². The van der Waals surface area contributed by atoms with Gasteiger partial charge in [-0.25, -0.2) is 0 Å². The topological polar surface area (TPSA) is 348 Å². The summed E-state index contributed by atoms with van der Waals surface area (Å²) in [6, 6.07) is 0. The van der Waals surface area contributed by atoms with Crippen LogP contribution in [0.3, 0.4) is 0 Å². The number of hydrogen-bond donors (Lipinski definition) is 14. The van der Waals surface area contributed by atoms with Crippen LogP contribution in [-0.4, -0.2) is 221 Å². The van der Waals surface area contributed by atoms with E-state index >= 15 is 0 Å². The molecule has 0 amide bonds. The number of rotatable bonds is 11. The summed E-state index contributed by atoms with van der Waals surface area (Å²) in [7, 11) is 0. The third kappa shape index (κ3) is 7.29. The summed E-state index contributed by atoms with van der Waals surface area (Å²) in [5.41, 5.74) is 0. The maximum atomic E-state index is 10.7. The zero-order chi connectivity index (χ0) is 33.4. The van der Waals surface area contributed by atoms with Crippen LogP contribution in [0.25, 0.3) is 0 Å². The monoisotopic (exact) mass is 666 g/mol. The lowest BCUT2D eigenvalue weighted by Crippen LogP contribution is -2.63. The van der Waals surface area contributed by atoms with E-state index in [-0.39, 0.29) is 0 Å². The molecule has 21 heteroatoms. The summed E-state index contributed by atoms with van der Waals surface area (Å²) < 4.78 is 37.6. The molecular formula is C24H42O21. The number of aliphatic hydroxyl groups is 14. The van der Waals surface area contributed by atoms with Crippen LogP contribution in [0.15, 0.2) is 0 Å². The van der Waals surface area contributed by atoms with Crippen molar-refractivity contribution in [1.29, 1.82) is 0 Å². The first kappa shape index (κ1) is 37.0. The average Bonchev–Trinajstić information content (AvgIpc) is 3.27. The van der Waals surface area contributed by atoms with Gasteiger partial charge in [-0.05, 0) is 0 Å². The minimum absolute atomic E-state index is 0.684. The minimum Gasteiger partial charge on any atom is -0.394 e. The summed E-state index contributed by atoms with van der Waals surface area (Å²) in [5, 5.41) is 142. The SMILES string of the molecule is OC[C@H]1O[C@H](OC[C@H]2O[C@@](CO)(O[C@H]3O[C@H](CO[C@H]4O[C@H](CO)[C@H](O)[C@H](O)[C@H]4O)[C@@H](O)[C@H](O)[C@H]3O)[C@@H](O)[C@@H]2O)[C@H](O)[C@@H](O)[C@H]1O. The van der Waals surface area contributed by atoms with Gasteiger partial charge in [0.05, 0.1) is 26.4 Å². The molecule has 0 aromatic rings. The summed E-state index contributed by atoms with van der Waals surface area (Å²) >= 11 is 0. The lowest BCUT2D eigenvalue weighted by Gasteiger charge is -2.44. The first-order valence-corrected chi connectivity index (χ1v) is 14.1. The van der Waals surface area contributed by atoms with E-state index in [1.54, 1.807) is 0 Å². The molecule has 0 unspecified atom stereocenters. The lowest BCUT2D eigenvalue weighted by atomic mass is 9.98. The van der Waals surface area contributed by atoms with Crippen LogP contribution in [-0.2, 0) is 33.2 Å². The zero-order valence-corrected chi connectivity index (χ0v) is 23.5. The van der Waals surface area contributed by atoms with Crippen LogP contribution in [0, 0.1) is 0 Å². The number of ether oxygens (including phenoxy) is 7. The predicted octanol–water partition coefficient (Wildman–Crippen LogP) is -9.75. The van der Waals surface area contributed by atoms with Gasteiger partial charge in [-0.15, -0.1) is 0 Å². The van der Waals surface area contributed by atoms with Crippen molar-refractivity contribution in [3.8, 4) is 0 Å². The van der Waals surface area contributed by atoms with Crippen LogP contribution >= 0.6 is 0 Å². The molecule has 19 atom stereocenters. The molecular weight excluding hydrogens is 624 g/mol. The Morgan fingerprint density at radius 1 is 0.444 bits per heavy atom. The zero-order valence-electron chi connectivity index (χ0n) is 23.5. The highest BCUT2D eigenvalue weighted by Gasteiger charge is 2.59. The van der Waals surface area contributed by atoms with E-state index in [4.69, 9.17) is 33.2 Å². The molecule has 0 aromatic carbocycles. The van der Waals surface area contributed by atoms with Crippen molar-refractivity contribution < 1.29 is 105 Å². The molecule has 21 nitrogen and oxygen atoms in total. The Bertz CT molecular complexity index is 929. The van der Waals surface area contributed by atoms with Crippen LogP contribution in [0.5, 0.6) is 0 Å². The second-order valence-corrected chi connectivity index (χ2v) is 11.3. The van der Waals surface area contributed by atoms with Gasteiger partial charge in [0, 0.05) is 0 Å². The van der Waals surface area contributed by atoms with E-state index < -0.39 is 149 Å². The Labute approximate surface area is 254 Å². The van der Waals surface area contributed by atoms with Gasteiger partial charge in [0.15, 0.2) is 18.9 Å². The van der Waals surface area contributed by atoms with Gasteiger partial charge in [0.25, 0.3) is 0 Å². The predicted molar refractivity (Wildman–Crippen MR) is 134 cm³/mol. The van der Waals surface area contributed by atoms with E-state index in [0.29, 0.717) is 0 Å². The van der Waals surface area contributed by atoms with Crippen molar-refractivity contribution in [2.45, 2.75) is 116 Å². The Morgan fingerprint density at radius 2 is 0.844 bits per heavy atom. The number of hydrogen-bond acceptors (Lipinski definition) is 21. The molecule has 4 aliphatic rings. The fourth-order valence-electron chi connectivity index (χ4n) is 5.40. The highest BCUT2D eigenvalue weighted by atomic mass is 16.8. The first-order valence-electron chi connectivity index (χ1n) is 14.1. The Balaban J connectivity index is 1.40. The fraction of sp³-hybridized carbons (Fsp3) is 1.00. The van der Waals surface area contributed by atoms with Crippen molar-refractivity contribution in [3.63, 3.8) is 0 Å². The summed E-state index contributed by atoms with van der Waals surface area (Å²) in [6.07, 6.45) is -31.3. The van der Waals surface area contributed by atoms with E-state index in [1.807, 2.05) is 0 Å². The van der Waals surface area contributed by atoms with Crippen LogP contribution in [0.4, 0.5) is 0 Å². The van der Waals surface area contributed by atoms with E-state index in [2.05, 4.69) is 0 Å². The molecule has 264 valence electrons. The van der Waals surface area contributed by atoms with Crippen molar-refractivity contribution in [2.24, 2.45) is 0 Å². The van der Waals surface area contributed by atoms with Crippen molar-refractivity contribution >= 4 is 0 Å². The third-order valence-corrected chi connectivity index (χ3v) is 8.26. The smallest absolute Gasteiger partial charge is 0.224 e. The van der Waals surface area contributed by atoms with Gasteiger partial charge in [-0.2, -0.15) is 0 Å². The molecule has 4 heterocycles. The highest BCUT2D eigenvalue weighted by Crippen LogP contribution is 2.37. The molecule has 4 aliphatic heterocycles. The number of aliphatic hydroxyl groups excluding tert-OH is 14. The van der Waals surface area contributed by atoms with Crippen LogP contribution in [0.2, 0.25) is 0 Å². The third-order valence-electron chi connectivity index (χ3n) is 8.26. The summed E-state index contributed by atoms with van der Waals surface area (Å²) in [5.74, 6) is -2.54. The van der Waals surface area contributed by atoms with Gasteiger partial charge < -0.3 is 105 Å². The standard InChI is InChI=1S/C24H42O21/c25-1-6-10(28)14(32)17(35)21(41-6)39-3-8-12(30)16(34)19(37)23(43-8)45-24(5-27)20(38)13(31)9(44-24)4-40-22-18(36)15(33)11(29)7(2-26)42-22/h6-23,25-38H,1-5H2/t6-,7-,8-,9-,10+,11+,12-,13-,14+,15+,16+,17-,18-,19-,20+,21+,22+,23-,24+/m1/s1. The first-order chi connectivity index (χ1) is 21.2.